The molecule has 0 aliphatic carbocycles. The van der Waals surface area contributed by atoms with Crippen LogP contribution in [0.5, 0.6) is 5.75 Å². The molecule has 0 unspecified atom stereocenters. The van der Waals surface area contributed by atoms with Crippen molar-refractivity contribution >= 4 is 5.69 Å². The van der Waals surface area contributed by atoms with Gasteiger partial charge in [-0.3, -0.25) is 0 Å². The fraction of sp³-hybridized carbons (Fsp3) is 0.217. The Morgan fingerprint density at radius 3 is 2.32 bits per heavy atom. The predicted octanol–water partition coefficient (Wildman–Crippen LogP) is 5.80. The smallest absolute Gasteiger partial charge is 0.124 e. The predicted molar refractivity (Wildman–Crippen MR) is 105 cm³/mol. The third-order valence-electron chi connectivity index (χ3n) is 4.48. The van der Waals surface area contributed by atoms with Gasteiger partial charge >= 0.3 is 0 Å². The zero-order valence-corrected chi connectivity index (χ0v) is 15.2. The first kappa shape index (κ1) is 17.1. The molecule has 3 rings (SSSR count). The minimum absolute atomic E-state index is 0.584. The highest BCUT2D eigenvalue weighted by Gasteiger charge is 2.04. The Kier molecular flexibility index (Phi) is 5.39. The largest absolute Gasteiger partial charge is 0.489 e. The van der Waals surface area contributed by atoms with Crippen LogP contribution < -0.4 is 10.1 Å². The molecule has 0 aliphatic heterocycles. The maximum absolute atomic E-state index is 6.05. The maximum Gasteiger partial charge on any atom is 0.124 e. The van der Waals surface area contributed by atoms with Crippen molar-refractivity contribution in [3.8, 4) is 5.75 Å². The molecule has 0 saturated carbocycles. The van der Waals surface area contributed by atoms with Crippen molar-refractivity contribution in [3.63, 3.8) is 0 Å². The Bertz CT molecular complexity index is 837. The zero-order chi connectivity index (χ0) is 17.6. The summed E-state index contributed by atoms with van der Waals surface area (Å²) in [6, 6.07) is 23.1. The lowest BCUT2D eigenvalue weighted by Gasteiger charge is -2.14. The van der Waals surface area contributed by atoms with E-state index in [2.05, 4.69) is 80.7 Å². The molecule has 2 heteroatoms. The highest BCUT2D eigenvalue weighted by molar-refractivity contribution is 5.49. The van der Waals surface area contributed by atoms with Gasteiger partial charge in [0, 0.05) is 17.8 Å². The number of aryl methyl sites for hydroxylation is 3. The fourth-order valence-electron chi connectivity index (χ4n) is 2.68. The van der Waals surface area contributed by atoms with E-state index in [4.69, 9.17) is 4.74 Å². The van der Waals surface area contributed by atoms with Crippen molar-refractivity contribution in [1.29, 1.82) is 0 Å². The fourth-order valence-corrected chi connectivity index (χ4v) is 2.68. The van der Waals surface area contributed by atoms with E-state index >= 15 is 0 Å². The average molecular weight is 331 g/mol. The second-order valence-corrected chi connectivity index (χ2v) is 6.53. The third-order valence-corrected chi connectivity index (χ3v) is 4.48. The van der Waals surface area contributed by atoms with Crippen LogP contribution in [-0.4, -0.2) is 0 Å². The van der Waals surface area contributed by atoms with Crippen molar-refractivity contribution in [3.05, 3.63) is 94.5 Å². The summed E-state index contributed by atoms with van der Waals surface area (Å²) in [7, 11) is 0. The first-order chi connectivity index (χ1) is 12.1. The molecule has 0 amide bonds. The summed E-state index contributed by atoms with van der Waals surface area (Å²) >= 11 is 0. The molecule has 0 fully saturated rings. The first-order valence-electron chi connectivity index (χ1n) is 8.69. The van der Waals surface area contributed by atoms with Crippen molar-refractivity contribution < 1.29 is 4.74 Å². The van der Waals surface area contributed by atoms with Gasteiger partial charge in [0.25, 0.3) is 0 Å². The van der Waals surface area contributed by atoms with Crippen LogP contribution in [0, 0.1) is 20.8 Å². The Morgan fingerprint density at radius 2 is 1.56 bits per heavy atom. The molecule has 0 saturated heterocycles. The Labute approximate surface area is 150 Å². The van der Waals surface area contributed by atoms with Gasteiger partial charge in [0.1, 0.15) is 12.4 Å². The lowest BCUT2D eigenvalue weighted by atomic mass is 10.1. The molecule has 0 radical (unpaired) electrons. The van der Waals surface area contributed by atoms with Gasteiger partial charge < -0.3 is 10.1 Å². The van der Waals surface area contributed by atoms with E-state index in [9.17, 15) is 0 Å². The maximum atomic E-state index is 6.05. The second kappa shape index (κ2) is 7.89. The second-order valence-electron chi connectivity index (χ2n) is 6.53. The molecule has 2 nitrogen and oxygen atoms in total. The van der Waals surface area contributed by atoms with Crippen LogP contribution in [0.2, 0.25) is 0 Å². The molecule has 0 aromatic heterocycles. The van der Waals surface area contributed by atoms with Gasteiger partial charge in [-0.2, -0.15) is 0 Å². The monoisotopic (exact) mass is 331 g/mol. The molecule has 25 heavy (non-hydrogen) atoms. The highest BCUT2D eigenvalue weighted by Crippen LogP contribution is 2.22. The normalized spacial score (nSPS) is 10.5. The number of anilines is 1. The number of ether oxygens (including phenoxy) is 1. The molecule has 3 aromatic rings. The minimum atomic E-state index is 0.584. The quantitative estimate of drug-likeness (QED) is 0.616. The molecular formula is C23H25NO. The Balaban J connectivity index is 1.65. The van der Waals surface area contributed by atoms with Crippen LogP contribution in [0.4, 0.5) is 5.69 Å². The van der Waals surface area contributed by atoms with Crippen molar-refractivity contribution in [2.75, 3.05) is 5.32 Å². The number of hydrogen-bond donors (Lipinski definition) is 1. The van der Waals surface area contributed by atoms with E-state index in [0.717, 1.165) is 23.5 Å². The number of hydrogen-bond acceptors (Lipinski definition) is 2. The van der Waals surface area contributed by atoms with E-state index < -0.39 is 0 Å². The number of nitrogens with one attached hydrogen (secondary N) is 1. The van der Waals surface area contributed by atoms with E-state index in [1.165, 1.54) is 22.3 Å². The molecule has 0 aliphatic rings. The van der Waals surface area contributed by atoms with Crippen LogP contribution >= 0.6 is 0 Å². The van der Waals surface area contributed by atoms with Crippen LogP contribution in [0.1, 0.15) is 27.8 Å². The highest BCUT2D eigenvalue weighted by atomic mass is 16.5. The van der Waals surface area contributed by atoms with Crippen molar-refractivity contribution in [2.24, 2.45) is 0 Å². The van der Waals surface area contributed by atoms with Crippen LogP contribution in [-0.2, 0) is 13.2 Å². The van der Waals surface area contributed by atoms with Gasteiger partial charge in [-0.25, -0.2) is 0 Å². The van der Waals surface area contributed by atoms with Crippen molar-refractivity contribution in [2.45, 2.75) is 33.9 Å². The van der Waals surface area contributed by atoms with Gasteiger partial charge in [-0.15, -0.1) is 0 Å². The third kappa shape index (κ3) is 4.63. The molecule has 0 bridgehead atoms. The summed E-state index contributed by atoms with van der Waals surface area (Å²) in [5.74, 6) is 0.930. The molecule has 0 spiro atoms. The van der Waals surface area contributed by atoms with E-state index in [1.54, 1.807) is 0 Å². The standard InChI is InChI=1S/C23H25NO/c1-17-8-11-20(12-9-17)16-25-23-7-5-4-6-21(23)15-24-22-13-10-18(2)19(3)14-22/h4-14,24H,15-16H2,1-3H3. The molecule has 1 N–H and O–H groups in total. The number of benzene rings is 3. The van der Waals surface area contributed by atoms with E-state index in [-0.39, 0.29) is 0 Å². The van der Waals surface area contributed by atoms with E-state index in [0.29, 0.717) is 6.61 Å². The van der Waals surface area contributed by atoms with Crippen LogP contribution in [0.3, 0.4) is 0 Å². The van der Waals surface area contributed by atoms with E-state index in [1.807, 2.05) is 12.1 Å². The van der Waals surface area contributed by atoms with Gasteiger partial charge in [-0.1, -0.05) is 54.1 Å². The Hall–Kier alpha value is -2.74. The summed E-state index contributed by atoms with van der Waals surface area (Å²) in [6.45, 7) is 7.69. The van der Waals surface area contributed by atoms with Crippen LogP contribution in [0.25, 0.3) is 0 Å². The number of rotatable bonds is 6. The lowest BCUT2D eigenvalue weighted by molar-refractivity contribution is 0.303. The summed E-state index contributed by atoms with van der Waals surface area (Å²) < 4.78 is 6.05. The zero-order valence-electron chi connectivity index (χ0n) is 15.2. The molecule has 128 valence electrons. The summed E-state index contributed by atoms with van der Waals surface area (Å²) in [6.07, 6.45) is 0. The van der Waals surface area contributed by atoms with Gasteiger partial charge in [0.05, 0.1) is 0 Å². The van der Waals surface area contributed by atoms with Crippen LogP contribution in [0.15, 0.2) is 66.7 Å². The summed E-state index contributed by atoms with van der Waals surface area (Å²) in [5.41, 5.74) is 7.36. The SMILES string of the molecule is Cc1ccc(COc2ccccc2CNc2ccc(C)c(C)c2)cc1. The average Bonchev–Trinajstić information content (AvgIpc) is 2.63. The first-order valence-corrected chi connectivity index (χ1v) is 8.69. The minimum Gasteiger partial charge on any atom is -0.489 e. The summed E-state index contributed by atoms with van der Waals surface area (Å²) in [4.78, 5) is 0. The topological polar surface area (TPSA) is 21.3 Å². The van der Waals surface area contributed by atoms with Gasteiger partial charge in [0.2, 0.25) is 0 Å². The van der Waals surface area contributed by atoms with Crippen molar-refractivity contribution in [1.82, 2.24) is 0 Å². The molecule has 3 aromatic carbocycles. The molecular weight excluding hydrogens is 306 g/mol. The summed E-state index contributed by atoms with van der Waals surface area (Å²) in [5, 5.41) is 3.50. The number of para-hydroxylation sites is 1. The van der Waals surface area contributed by atoms with Gasteiger partial charge in [0.15, 0.2) is 0 Å². The lowest BCUT2D eigenvalue weighted by Crippen LogP contribution is -2.04. The van der Waals surface area contributed by atoms with Gasteiger partial charge in [-0.05, 0) is 55.7 Å². The molecule has 0 heterocycles. The molecule has 0 atom stereocenters. The Morgan fingerprint density at radius 1 is 0.800 bits per heavy atom.